The molecular formula is C16H17ClN2O5S. The van der Waals surface area contributed by atoms with E-state index in [9.17, 15) is 14.7 Å². The second-order valence-corrected chi connectivity index (χ2v) is 6.58. The first-order chi connectivity index (χ1) is 11.9. The third-order valence-corrected chi connectivity index (χ3v) is 4.77. The first-order valence-corrected chi connectivity index (χ1v) is 8.39. The number of halogens is 1. The van der Waals surface area contributed by atoms with Crippen LogP contribution in [0.5, 0.6) is 5.75 Å². The lowest BCUT2D eigenvalue weighted by Crippen LogP contribution is -2.33. The summed E-state index contributed by atoms with van der Waals surface area (Å²) in [5.41, 5.74) is 0.859. The van der Waals surface area contributed by atoms with Gasteiger partial charge in [-0.3, -0.25) is 4.79 Å². The third-order valence-electron chi connectivity index (χ3n) is 3.35. The molecule has 1 aromatic carbocycles. The van der Waals surface area contributed by atoms with Gasteiger partial charge < -0.3 is 19.9 Å². The van der Waals surface area contributed by atoms with Crippen LogP contribution in [-0.2, 0) is 16.1 Å². The van der Waals surface area contributed by atoms with Crippen molar-refractivity contribution in [3.63, 3.8) is 0 Å². The second kappa shape index (κ2) is 8.28. The Morgan fingerprint density at radius 1 is 1.40 bits per heavy atom. The standard InChI is InChI=1S/C16H17ClN2O5S/c1-8-14(25-12(18-8)7-23-2)15(20)19-13(16(21)22)9-4-5-11(24-3)10(17)6-9/h4-6,13H,7H2,1-3H3,(H,19,20)(H,21,22). The van der Waals surface area contributed by atoms with Crippen LogP contribution in [0.4, 0.5) is 0 Å². The summed E-state index contributed by atoms with van der Waals surface area (Å²) in [4.78, 5) is 28.7. The number of carbonyl (C=O) groups is 2. The van der Waals surface area contributed by atoms with E-state index in [4.69, 9.17) is 21.1 Å². The van der Waals surface area contributed by atoms with Gasteiger partial charge >= 0.3 is 5.97 Å². The number of thiazole rings is 1. The number of methoxy groups -OCH3 is 2. The van der Waals surface area contributed by atoms with Gasteiger partial charge in [0, 0.05) is 7.11 Å². The molecule has 1 heterocycles. The van der Waals surface area contributed by atoms with Crippen molar-refractivity contribution in [3.05, 3.63) is 44.4 Å². The largest absolute Gasteiger partial charge is 0.495 e. The van der Waals surface area contributed by atoms with Crippen LogP contribution >= 0.6 is 22.9 Å². The fourth-order valence-corrected chi connectivity index (χ4v) is 3.40. The van der Waals surface area contributed by atoms with Gasteiger partial charge in [-0.05, 0) is 24.6 Å². The summed E-state index contributed by atoms with van der Waals surface area (Å²) >= 11 is 7.21. The van der Waals surface area contributed by atoms with Crippen LogP contribution in [0.15, 0.2) is 18.2 Å². The number of carbonyl (C=O) groups excluding carboxylic acids is 1. The number of aromatic nitrogens is 1. The Morgan fingerprint density at radius 3 is 2.68 bits per heavy atom. The average molecular weight is 385 g/mol. The number of ether oxygens (including phenoxy) is 2. The molecule has 1 unspecified atom stereocenters. The lowest BCUT2D eigenvalue weighted by molar-refractivity contribution is -0.139. The first kappa shape index (κ1) is 19.2. The molecule has 9 heteroatoms. The number of nitrogens with one attached hydrogen (secondary N) is 1. The molecule has 2 rings (SSSR count). The van der Waals surface area contributed by atoms with E-state index in [1.165, 1.54) is 20.3 Å². The fraction of sp³-hybridized carbons (Fsp3) is 0.312. The number of nitrogens with zero attached hydrogens (tertiary/aromatic N) is 1. The summed E-state index contributed by atoms with van der Waals surface area (Å²) in [5, 5.41) is 12.9. The minimum atomic E-state index is -1.25. The van der Waals surface area contributed by atoms with Crippen LogP contribution in [0, 0.1) is 6.92 Å². The molecule has 1 aromatic heterocycles. The number of aryl methyl sites for hydroxylation is 1. The van der Waals surface area contributed by atoms with Gasteiger partial charge in [0.1, 0.15) is 15.6 Å². The maximum Gasteiger partial charge on any atom is 0.330 e. The van der Waals surface area contributed by atoms with Crippen LogP contribution in [0.25, 0.3) is 0 Å². The van der Waals surface area contributed by atoms with Gasteiger partial charge in [0.15, 0.2) is 6.04 Å². The molecule has 25 heavy (non-hydrogen) atoms. The minimum Gasteiger partial charge on any atom is -0.495 e. The van der Waals surface area contributed by atoms with Gasteiger partial charge in [0.05, 0.1) is 24.4 Å². The van der Waals surface area contributed by atoms with Crippen molar-refractivity contribution in [1.29, 1.82) is 0 Å². The molecule has 0 aliphatic rings. The van der Waals surface area contributed by atoms with Gasteiger partial charge in [0.2, 0.25) is 0 Å². The lowest BCUT2D eigenvalue weighted by atomic mass is 10.1. The molecule has 2 aromatic rings. The van der Waals surface area contributed by atoms with Crippen molar-refractivity contribution in [3.8, 4) is 5.75 Å². The number of benzene rings is 1. The quantitative estimate of drug-likeness (QED) is 0.761. The summed E-state index contributed by atoms with van der Waals surface area (Å²) in [6.45, 7) is 1.97. The maximum atomic E-state index is 12.5. The lowest BCUT2D eigenvalue weighted by Gasteiger charge is -2.15. The van der Waals surface area contributed by atoms with E-state index in [1.807, 2.05) is 0 Å². The molecule has 134 valence electrons. The Balaban J connectivity index is 2.26. The van der Waals surface area contributed by atoms with E-state index >= 15 is 0 Å². The molecule has 0 aliphatic heterocycles. The molecule has 0 spiro atoms. The predicted octanol–water partition coefficient (Wildman–Crippen LogP) is 2.82. The average Bonchev–Trinajstić information content (AvgIpc) is 2.93. The molecule has 2 N–H and O–H groups in total. The van der Waals surface area contributed by atoms with Crippen molar-refractivity contribution in [2.24, 2.45) is 0 Å². The van der Waals surface area contributed by atoms with Crippen molar-refractivity contribution < 1.29 is 24.2 Å². The van der Waals surface area contributed by atoms with Crippen molar-refractivity contribution in [2.45, 2.75) is 19.6 Å². The Hall–Kier alpha value is -2.16. The SMILES string of the molecule is COCc1nc(C)c(C(=O)NC(C(=O)O)c2ccc(OC)c(Cl)c2)s1. The maximum absolute atomic E-state index is 12.5. The van der Waals surface area contributed by atoms with Gasteiger partial charge in [0.25, 0.3) is 5.91 Å². The first-order valence-electron chi connectivity index (χ1n) is 7.19. The zero-order valence-corrected chi connectivity index (χ0v) is 15.4. The third kappa shape index (κ3) is 4.47. The fourth-order valence-electron chi connectivity index (χ4n) is 2.19. The monoisotopic (exact) mass is 384 g/mol. The summed E-state index contributed by atoms with van der Waals surface area (Å²) in [6.07, 6.45) is 0. The van der Waals surface area contributed by atoms with Crippen LogP contribution in [0.1, 0.15) is 32.0 Å². The Morgan fingerprint density at radius 2 is 2.12 bits per heavy atom. The number of carboxylic acid groups (broad SMARTS) is 1. The smallest absolute Gasteiger partial charge is 0.330 e. The van der Waals surface area contributed by atoms with E-state index in [2.05, 4.69) is 10.3 Å². The van der Waals surface area contributed by atoms with E-state index in [-0.39, 0.29) is 11.6 Å². The molecule has 0 fully saturated rings. The highest BCUT2D eigenvalue weighted by Gasteiger charge is 2.25. The second-order valence-electron chi connectivity index (χ2n) is 5.09. The number of hydrogen-bond acceptors (Lipinski definition) is 6. The zero-order chi connectivity index (χ0) is 18.6. The van der Waals surface area contributed by atoms with Crippen LogP contribution in [0.2, 0.25) is 5.02 Å². The summed E-state index contributed by atoms with van der Waals surface area (Å²) < 4.78 is 10.0. The van der Waals surface area contributed by atoms with E-state index < -0.39 is 17.9 Å². The number of carboxylic acids is 1. The molecule has 0 bridgehead atoms. The summed E-state index contributed by atoms with van der Waals surface area (Å²) in [7, 11) is 2.99. The van der Waals surface area contributed by atoms with E-state index in [0.717, 1.165) is 11.3 Å². The number of hydrogen-bond donors (Lipinski definition) is 2. The zero-order valence-electron chi connectivity index (χ0n) is 13.8. The molecule has 0 radical (unpaired) electrons. The highest BCUT2D eigenvalue weighted by atomic mass is 35.5. The van der Waals surface area contributed by atoms with Gasteiger partial charge in [-0.2, -0.15) is 0 Å². The summed E-state index contributed by atoms with van der Waals surface area (Å²) in [5.74, 6) is -1.30. The Kier molecular flexibility index (Phi) is 6.35. The van der Waals surface area contributed by atoms with Crippen molar-refractivity contribution in [2.75, 3.05) is 14.2 Å². The van der Waals surface area contributed by atoms with Crippen molar-refractivity contribution in [1.82, 2.24) is 10.3 Å². The molecule has 1 atom stereocenters. The van der Waals surface area contributed by atoms with Gasteiger partial charge in [-0.15, -0.1) is 11.3 Å². The van der Waals surface area contributed by atoms with E-state index in [0.29, 0.717) is 26.9 Å². The minimum absolute atomic E-state index is 0.261. The Labute approximate surface area is 153 Å². The number of amides is 1. The van der Waals surface area contributed by atoms with Gasteiger partial charge in [-0.25, -0.2) is 9.78 Å². The highest BCUT2D eigenvalue weighted by molar-refractivity contribution is 7.13. The molecular weight excluding hydrogens is 368 g/mol. The highest BCUT2D eigenvalue weighted by Crippen LogP contribution is 2.28. The molecule has 0 saturated heterocycles. The molecule has 0 aliphatic carbocycles. The molecule has 1 amide bonds. The molecule has 0 saturated carbocycles. The van der Waals surface area contributed by atoms with Crippen molar-refractivity contribution >= 4 is 34.8 Å². The normalized spacial score (nSPS) is 11.8. The van der Waals surface area contributed by atoms with Crippen LogP contribution in [-0.4, -0.2) is 36.2 Å². The van der Waals surface area contributed by atoms with E-state index in [1.54, 1.807) is 19.1 Å². The molecule has 7 nitrogen and oxygen atoms in total. The van der Waals surface area contributed by atoms with Gasteiger partial charge in [-0.1, -0.05) is 17.7 Å². The van der Waals surface area contributed by atoms with Crippen LogP contribution in [0.3, 0.4) is 0 Å². The summed E-state index contributed by atoms with van der Waals surface area (Å²) in [6, 6.07) is 3.30. The Bertz CT molecular complexity index is 793. The number of rotatable bonds is 7. The van der Waals surface area contributed by atoms with Crippen LogP contribution < -0.4 is 10.1 Å². The topological polar surface area (TPSA) is 97.8 Å². The predicted molar refractivity (Wildman–Crippen MR) is 93.4 cm³/mol. The number of aliphatic carboxylic acids is 1.